The van der Waals surface area contributed by atoms with Crippen molar-refractivity contribution in [1.29, 1.82) is 0 Å². The monoisotopic (exact) mass is 390 g/mol. The molecule has 0 aliphatic carbocycles. The SMILES string of the molecule is CCCCNC(=O)c1ccc(CNCc2ccc(OC)c(OC)c2Cl)cc1. The Balaban J connectivity index is 1.89. The molecule has 0 bridgehead atoms. The van der Waals surface area contributed by atoms with E-state index in [2.05, 4.69) is 17.6 Å². The molecule has 2 aromatic rings. The highest BCUT2D eigenvalue weighted by molar-refractivity contribution is 6.33. The van der Waals surface area contributed by atoms with Crippen molar-refractivity contribution in [1.82, 2.24) is 10.6 Å². The van der Waals surface area contributed by atoms with E-state index >= 15 is 0 Å². The molecular weight excluding hydrogens is 364 g/mol. The van der Waals surface area contributed by atoms with Gasteiger partial charge in [0.15, 0.2) is 11.5 Å². The number of amides is 1. The molecule has 2 N–H and O–H groups in total. The number of carbonyl (C=O) groups is 1. The maximum absolute atomic E-state index is 12.0. The highest BCUT2D eigenvalue weighted by atomic mass is 35.5. The third-order valence-corrected chi connectivity index (χ3v) is 4.66. The van der Waals surface area contributed by atoms with E-state index in [1.165, 1.54) is 0 Å². The lowest BCUT2D eigenvalue weighted by molar-refractivity contribution is 0.0953. The molecule has 0 fully saturated rings. The van der Waals surface area contributed by atoms with Gasteiger partial charge in [-0.1, -0.05) is 43.1 Å². The van der Waals surface area contributed by atoms with Gasteiger partial charge in [-0.25, -0.2) is 0 Å². The van der Waals surface area contributed by atoms with Gasteiger partial charge in [0.1, 0.15) is 0 Å². The lowest BCUT2D eigenvalue weighted by Gasteiger charge is -2.13. The second-order valence-electron chi connectivity index (χ2n) is 6.18. The molecule has 2 rings (SSSR count). The Labute approximate surface area is 166 Å². The van der Waals surface area contributed by atoms with Crippen molar-refractivity contribution in [2.75, 3.05) is 20.8 Å². The van der Waals surface area contributed by atoms with E-state index in [4.69, 9.17) is 21.1 Å². The van der Waals surface area contributed by atoms with Crippen LogP contribution in [0, 0.1) is 0 Å². The molecular formula is C21H27ClN2O3. The van der Waals surface area contributed by atoms with Gasteiger partial charge < -0.3 is 20.1 Å². The van der Waals surface area contributed by atoms with Crippen LogP contribution in [0.5, 0.6) is 11.5 Å². The standard InChI is InChI=1S/C21H27ClN2O3/c1-4-5-12-24-21(25)16-8-6-15(7-9-16)13-23-14-17-10-11-18(26-2)20(27-3)19(17)22/h6-11,23H,4-5,12-14H2,1-3H3,(H,24,25). The molecule has 0 radical (unpaired) electrons. The van der Waals surface area contributed by atoms with Crippen LogP contribution in [-0.4, -0.2) is 26.7 Å². The van der Waals surface area contributed by atoms with E-state index in [-0.39, 0.29) is 5.91 Å². The Bertz CT molecular complexity index is 748. The Kier molecular flexibility index (Phi) is 8.43. The predicted molar refractivity (Wildman–Crippen MR) is 109 cm³/mol. The minimum absolute atomic E-state index is 0.0277. The van der Waals surface area contributed by atoms with Crippen molar-refractivity contribution in [3.63, 3.8) is 0 Å². The van der Waals surface area contributed by atoms with Gasteiger partial charge >= 0.3 is 0 Å². The van der Waals surface area contributed by atoms with E-state index in [1.807, 2.05) is 36.4 Å². The zero-order valence-corrected chi connectivity index (χ0v) is 16.9. The van der Waals surface area contributed by atoms with Crippen LogP contribution in [0.3, 0.4) is 0 Å². The first-order valence-corrected chi connectivity index (χ1v) is 9.45. The summed E-state index contributed by atoms with van der Waals surface area (Å²) in [6.07, 6.45) is 2.06. The molecule has 0 heterocycles. The summed E-state index contributed by atoms with van der Waals surface area (Å²) < 4.78 is 10.6. The first-order chi connectivity index (χ1) is 13.1. The van der Waals surface area contributed by atoms with Gasteiger partial charge in [0.2, 0.25) is 0 Å². The van der Waals surface area contributed by atoms with Crippen LogP contribution in [-0.2, 0) is 13.1 Å². The van der Waals surface area contributed by atoms with Crippen LogP contribution in [0.1, 0.15) is 41.3 Å². The molecule has 0 unspecified atom stereocenters. The average Bonchev–Trinajstić information content (AvgIpc) is 2.69. The maximum atomic E-state index is 12.0. The molecule has 1 amide bonds. The van der Waals surface area contributed by atoms with Crippen LogP contribution in [0.15, 0.2) is 36.4 Å². The van der Waals surface area contributed by atoms with E-state index in [9.17, 15) is 4.79 Å². The third-order valence-electron chi connectivity index (χ3n) is 4.24. The number of carbonyl (C=O) groups excluding carboxylic acids is 1. The van der Waals surface area contributed by atoms with Crippen molar-refractivity contribution >= 4 is 17.5 Å². The minimum Gasteiger partial charge on any atom is -0.493 e. The van der Waals surface area contributed by atoms with Gasteiger partial charge in [-0.3, -0.25) is 4.79 Å². The molecule has 0 saturated carbocycles. The fourth-order valence-corrected chi connectivity index (χ4v) is 2.96. The summed E-state index contributed by atoms with van der Waals surface area (Å²) in [7, 11) is 3.15. The molecule has 6 heteroatoms. The van der Waals surface area contributed by atoms with Crippen molar-refractivity contribution in [3.05, 3.63) is 58.1 Å². The summed E-state index contributed by atoms with van der Waals surface area (Å²) >= 11 is 6.39. The summed E-state index contributed by atoms with van der Waals surface area (Å²) in [6.45, 7) is 4.08. The number of ether oxygens (including phenoxy) is 2. The highest BCUT2D eigenvalue weighted by Gasteiger charge is 2.12. The number of hydrogen-bond acceptors (Lipinski definition) is 4. The van der Waals surface area contributed by atoms with E-state index in [1.54, 1.807) is 14.2 Å². The zero-order valence-electron chi connectivity index (χ0n) is 16.1. The molecule has 146 valence electrons. The molecule has 0 aromatic heterocycles. The van der Waals surface area contributed by atoms with Crippen molar-refractivity contribution in [2.24, 2.45) is 0 Å². The van der Waals surface area contributed by atoms with Crippen molar-refractivity contribution in [3.8, 4) is 11.5 Å². The molecule has 0 atom stereocenters. The zero-order chi connectivity index (χ0) is 19.6. The Hall–Kier alpha value is -2.24. The summed E-state index contributed by atoms with van der Waals surface area (Å²) in [5, 5.41) is 6.82. The number of hydrogen-bond donors (Lipinski definition) is 2. The van der Waals surface area contributed by atoms with Gasteiger partial charge in [0.05, 0.1) is 19.2 Å². The average molecular weight is 391 g/mol. The largest absolute Gasteiger partial charge is 0.493 e. The second kappa shape index (κ2) is 10.8. The van der Waals surface area contributed by atoms with E-state index in [0.717, 1.165) is 24.0 Å². The number of methoxy groups -OCH3 is 2. The maximum Gasteiger partial charge on any atom is 0.251 e. The second-order valence-corrected chi connectivity index (χ2v) is 6.56. The quantitative estimate of drug-likeness (QED) is 0.597. The molecule has 27 heavy (non-hydrogen) atoms. The number of nitrogens with one attached hydrogen (secondary N) is 2. The number of benzene rings is 2. The molecule has 5 nitrogen and oxygen atoms in total. The lowest BCUT2D eigenvalue weighted by atomic mass is 10.1. The lowest BCUT2D eigenvalue weighted by Crippen LogP contribution is -2.24. The van der Waals surface area contributed by atoms with Crippen LogP contribution >= 0.6 is 11.6 Å². The first kappa shape index (κ1) is 21.1. The topological polar surface area (TPSA) is 59.6 Å². The van der Waals surface area contributed by atoms with Crippen LogP contribution in [0.2, 0.25) is 5.02 Å². The normalized spacial score (nSPS) is 10.5. The third kappa shape index (κ3) is 5.88. The summed E-state index contributed by atoms with van der Waals surface area (Å²) in [5.41, 5.74) is 2.70. The number of rotatable bonds is 10. The minimum atomic E-state index is -0.0277. The Morgan fingerprint density at radius 3 is 2.41 bits per heavy atom. The first-order valence-electron chi connectivity index (χ1n) is 9.07. The van der Waals surface area contributed by atoms with E-state index < -0.39 is 0 Å². The Morgan fingerprint density at radius 1 is 1.04 bits per heavy atom. The summed E-state index contributed by atoms with van der Waals surface area (Å²) in [4.78, 5) is 12.0. The van der Waals surface area contributed by atoms with Gasteiger partial charge in [-0.15, -0.1) is 0 Å². The summed E-state index contributed by atoms with van der Waals surface area (Å²) in [6, 6.07) is 11.4. The van der Waals surface area contributed by atoms with Crippen molar-refractivity contribution in [2.45, 2.75) is 32.9 Å². The molecule has 2 aromatic carbocycles. The smallest absolute Gasteiger partial charge is 0.251 e. The van der Waals surface area contributed by atoms with Crippen molar-refractivity contribution < 1.29 is 14.3 Å². The van der Waals surface area contributed by atoms with Gasteiger partial charge in [-0.05, 0) is 35.7 Å². The summed E-state index contributed by atoms with van der Waals surface area (Å²) in [5.74, 6) is 1.12. The van der Waals surface area contributed by atoms with Crippen LogP contribution in [0.25, 0.3) is 0 Å². The van der Waals surface area contributed by atoms with Gasteiger partial charge in [0.25, 0.3) is 5.91 Å². The molecule has 0 saturated heterocycles. The predicted octanol–water partition coefficient (Wildman–Crippen LogP) is 4.18. The fourth-order valence-electron chi connectivity index (χ4n) is 2.66. The number of halogens is 1. The molecule has 0 aliphatic rings. The highest BCUT2D eigenvalue weighted by Crippen LogP contribution is 2.37. The van der Waals surface area contributed by atoms with E-state index in [0.29, 0.717) is 41.7 Å². The molecule has 0 aliphatic heterocycles. The van der Waals surface area contributed by atoms with Gasteiger partial charge in [-0.2, -0.15) is 0 Å². The number of unbranched alkanes of at least 4 members (excludes halogenated alkanes) is 1. The van der Waals surface area contributed by atoms with Gasteiger partial charge in [0, 0.05) is 25.2 Å². The fraction of sp³-hybridized carbons (Fsp3) is 0.381. The molecule has 0 spiro atoms. The Morgan fingerprint density at radius 2 is 1.78 bits per heavy atom. The van der Waals surface area contributed by atoms with Crippen LogP contribution in [0.4, 0.5) is 0 Å². The van der Waals surface area contributed by atoms with Crippen LogP contribution < -0.4 is 20.1 Å².